The summed E-state index contributed by atoms with van der Waals surface area (Å²) in [6.07, 6.45) is -6.18. The van der Waals surface area contributed by atoms with E-state index in [4.69, 9.17) is 4.74 Å². The third-order valence-corrected chi connectivity index (χ3v) is 5.50. The van der Waals surface area contributed by atoms with Gasteiger partial charge in [-0.05, 0) is 55.8 Å². The predicted octanol–water partition coefficient (Wildman–Crippen LogP) is 3.36. The van der Waals surface area contributed by atoms with Gasteiger partial charge in [-0.25, -0.2) is 0 Å². The molecule has 0 aromatic heterocycles. The van der Waals surface area contributed by atoms with Crippen LogP contribution in [0.5, 0.6) is 5.75 Å². The largest absolute Gasteiger partial charge is 0.497 e. The summed E-state index contributed by atoms with van der Waals surface area (Å²) in [5.41, 5.74) is -0.0175. The number of amides is 1. The van der Waals surface area contributed by atoms with E-state index in [0.29, 0.717) is 17.9 Å². The summed E-state index contributed by atoms with van der Waals surface area (Å²) < 4.78 is 46.6. The van der Waals surface area contributed by atoms with Gasteiger partial charge in [0.15, 0.2) is 0 Å². The molecule has 2 N–H and O–H groups in total. The van der Waals surface area contributed by atoms with Crippen LogP contribution in [0.1, 0.15) is 29.5 Å². The number of nitrogens with one attached hydrogen (secondary N) is 1. The van der Waals surface area contributed by atoms with E-state index >= 15 is 0 Å². The number of hydrogen-bond acceptors (Lipinski definition) is 4. The van der Waals surface area contributed by atoms with Gasteiger partial charge in [0.25, 0.3) is 5.91 Å². The van der Waals surface area contributed by atoms with Gasteiger partial charge in [-0.1, -0.05) is 18.2 Å². The summed E-state index contributed by atoms with van der Waals surface area (Å²) in [5.74, 6) is -0.858. The van der Waals surface area contributed by atoms with E-state index in [1.165, 1.54) is 24.1 Å². The van der Waals surface area contributed by atoms with Crippen molar-refractivity contribution in [1.82, 2.24) is 5.32 Å². The molecule has 0 fully saturated rings. The molecule has 1 amide bonds. The van der Waals surface area contributed by atoms with Crippen molar-refractivity contribution in [1.29, 1.82) is 0 Å². The number of anilines is 1. The molecule has 3 rings (SSSR count). The zero-order chi connectivity index (χ0) is 22.1. The van der Waals surface area contributed by atoms with Crippen molar-refractivity contribution in [3.05, 3.63) is 59.2 Å². The molecule has 1 heterocycles. The highest BCUT2D eigenvalue weighted by atomic mass is 19.4. The molecule has 8 heteroatoms. The van der Waals surface area contributed by atoms with Crippen molar-refractivity contribution in [2.75, 3.05) is 25.6 Å². The lowest BCUT2D eigenvalue weighted by Gasteiger charge is -2.31. The number of alkyl halides is 3. The fourth-order valence-electron chi connectivity index (χ4n) is 4.04. The molecule has 0 spiro atoms. The molecule has 2 aromatic rings. The number of fused-ring (bicyclic) bond motifs is 1. The predicted molar refractivity (Wildman–Crippen MR) is 108 cm³/mol. The van der Waals surface area contributed by atoms with Crippen LogP contribution in [0.2, 0.25) is 0 Å². The number of benzene rings is 2. The number of nitrogens with zero attached hydrogens (tertiary/aromatic N) is 1. The van der Waals surface area contributed by atoms with Crippen LogP contribution in [0, 0.1) is 0 Å². The molecule has 30 heavy (non-hydrogen) atoms. The second-order valence-corrected chi connectivity index (χ2v) is 7.44. The Hall–Kier alpha value is -2.58. The fourth-order valence-corrected chi connectivity index (χ4v) is 4.04. The number of hydrogen-bond donors (Lipinski definition) is 2. The first-order valence-corrected chi connectivity index (χ1v) is 9.67. The van der Waals surface area contributed by atoms with Crippen molar-refractivity contribution in [2.24, 2.45) is 0 Å². The highest BCUT2D eigenvalue weighted by molar-refractivity contribution is 5.99. The van der Waals surface area contributed by atoms with Crippen LogP contribution in [0.3, 0.4) is 0 Å². The summed E-state index contributed by atoms with van der Waals surface area (Å²) in [6.45, 7) is 2.10. The maximum Gasteiger partial charge on any atom is 0.416 e. The monoisotopic (exact) mass is 422 g/mol. The third kappa shape index (κ3) is 4.15. The standard InChI is InChI=1S/C22H25F3N2O3/c1-13(12-26-2)27-19-6-4-5-18(22(23,24)25)17(19)11-16(20(28)21(27)29)14-7-9-15(30-3)10-8-14/h4-10,13,16,20,26,28H,11-12H2,1-3H3/t13?,16-,20+/m0/s1. The van der Waals surface area contributed by atoms with E-state index in [1.54, 1.807) is 38.2 Å². The van der Waals surface area contributed by atoms with Crippen LogP contribution in [0.4, 0.5) is 18.9 Å². The minimum Gasteiger partial charge on any atom is -0.497 e. The minimum atomic E-state index is -4.58. The zero-order valence-electron chi connectivity index (χ0n) is 17.0. The van der Waals surface area contributed by atoms with Gasteiger partial charge in [0, 0.05) is 24.2 Å². The molecule has 0 radical (unpaired) electrons. The first kappa shape index (κ1) is 22.1. The van der Waals surface area contributed by atoms with E-state index < -0.39 is 35.7 Å². The minimum absolute atomic E-state index is 0.0127. The number of halogens is 3. The number of ether oxygens (including phenoxy) is 1. The topological polar surface area (TPSA) is 61.8 Å². The lowest BCUT2D eigenvalue weighted by atomic mass is 9.86. The van der Waals surface area contributed by atoms with E-state index in [2.05, 4.69) is 5.32 Å². The van der Waals surface area contributed by atoms with Crippen LogP contribution in [0.15, 0.2) is 42.5 Å². The summed E-state index contributed by atoms with van der Waals surface area (Å²) in [6, 6.07) is 10.0. The van der Waals surface area contributed by atoms with Gasteiger partial charge in [-0.3, -0.25) is 4.79 Å². The number of aliphatic hydroxyl groups is 1. The van der Waals surface area contributed by atoms with E-state index in [1.807, 2.05) is 0 Å². The van der Waals surface area contributed by atoms with Gasteiger partial charge in [-0.2, -0.15) is 13.2 Å². The molecule has 1 unspecified atom stereocenters. The molecule has 0 bridgehead atoms. The van der Waals surface area contributed by atoms with Gasteiger partial charge in [0.05, 0.1) is 12.7 Å². The molecule has 162 valence electrons. The van der Waals surface area contributed by atoms with Crippen LogP contribution >= 0.6 is 0 Å². The quantitative estimate of drug-likeness (QED) is 0.776. The Morgan fingerprint density at radius 3 is 2.47 bits per heavy atom. The van der Waals surface area contributed by atoms with E-state index in [-0.39, 0.29) is 17.7 Å². The van der Waals surface area contributed by atoms with Gasteiger partial charge >= 0.3 is 6.18 Å². The average molecular weight is 422 g/mol. The molecule has 5 nitrogen and oxygen atoms in total. The second kappa shape index (κ2) is 8.65. The molecular formula is C22H25F3N2O3. The van der Waals surface area contributed by atoms with Crippen molar-refractivity contribution in [3.63, 3.8) is 0 Å². The molecule has 0 aliphatic carbocycles. The maximum absolute atomic E-state index is 13.8. The van der Waals surface area contributed by atoms with Gasteiger partial charge < -0.3 is 20.1 Å². The zero-order valence-corrected chi connectivity index (χ0v) is 17.0. The maximum atomic E-state index is 13.8. The van der Waals surface area contributed by atoms with Crippen molar-refractivity contribution in [3.8, 4) is 5.75 Å². The van der Waals surface area contributed by atoms with Gasteiger partial charge in [-0.15, -0.1) is 0 Å². The number of carbonyl (C=O) groups excluding carboxylic acids is 1. The molecule has 3 atom stereocenters. The van der Waals surface area contributed by atoms with Crippen molar-refractivity contribution in [2.45, 2.75) is 37.6 Å². The van der Waals surface area contributed by atoms with E-state index in [9.17, 15) is 23.1 Å². The number of rotatable bonds is 5. The summed E-state index contributed by atoms with van der Waals surface area (Å²) >= 11 is 0. The van der Waals surface area contributed by atoms with Crippen LogP contribution < -0.4 is 15.0 Å². The highest BCUT2D eigenvalue weighted by Gasteiger charge is 2.42. The summed E-state index contributed by atoms with van der Waals surface area (Å²) in [7, 11) is 3.20. The normalized spacial score (nSPS) is 20.5. The summed E-state index contributed by atoms with van der Waals surface area (Å²) in [5, 5.41) is 13.9. The number of methoxy groups -OCH3 is 1. The molecule has 1 aliphatic heterocycles. The molecule has 2 aromatic carbocycles. The van der Waals surface area contributed by atoms with Gasteiger partial charge in [0.2, 0.25) is 0 Å². The number of likely N-dealkylation sites (N-methyl/N-ethyl adjacent to an activating group) is 1. The Morgan fingerprint density at radius 2 is 1.90 bits per heavy atom. The smallest absolute Gasteiger partial charge is 0.416 e. The van der Waals surface area contributed by atoms with Crippen LogP contribution in [-0.4, -0.2) is 43.9 Å². The Kier molecular flexibility index (Phi) is 6.38. The van der Waals surface area contributed by atoms with Gasteiger partial charge in [0.1, 0.15) is 11.9 Å². The highest BCUT2D eigenvalue weighted by Crippen LogP contribution is 2.42. The fraction of sp³-hybridized carbons (Fsp3) is 0.409. The first-order chi connectivity index (χ1) is 14.2. The number of carbonyl (C=O) groups is 1. The lowest BCUT2D eigenvalue weighted by Crippen LogP contribution is -2.48. The first-order valence-electron chi connectivity index (χ1n) is 9.67. The Bertz CT molecular complexity index is 899. The average Bonchev–Trinajstić information content (AvgIpc) is 2.82. The van der Waals surface area contributed by atoms with Crippen LogP contribution in [0.25, 0.3) is 0 Å². The van der Waals surface area contributed by atoms with Crippen LogP contribution in [-0.2, 0) is 17.4 Å². The Labute approximate surface area is 173 Å². The molecule has 0 saturated carbocycles. The third-order valence-electron chi connectivity index (χ3n) is 5.50. The SMILES string of the molecule is CNCC(C)N1C(=O)[C@H](O)[C@H](c2ccc(OC)cc2)Cc2c1cccc2C(F)(F)F. The Balaban J connectivity index is 2.18. The molecular weight excluding hydrogens is 397 g/mol. The number of aliphatic hydroxyl groups excluding tert-OH is 1. The van der Waals surface area contributed by atoms with E-state index in [0.717, 1.165) is 6.07 Å². The molecule has 0 saturated heterocycles. The summed E-state index contributed by atoms with van der Waals surface area (Å²) in [4.78, 5) is 14.5. The second-order valence-electron chi connectivity index (χ2n) is 7.44. The lowest BCUT2D eigenvalue weighted by molar-refractivity contribution is -0.138. The Morgan fingerprint density at radius 1 is 1.23 bits per heavy atom. The van der Waals surface area contributed by atoms with Crippen molar-refractivity contribution >= 4 is 11.6 Å². The molecule has 1 aliphatic rings. The van der Waals surface area contributed by atoms with Crippen molar-refractivity contribution < 1.29 is 27.8 Å².